The lowest BCUT2D eigenvalue weighted by molar-refractivity contribution is 0.601. The topological polar surface area (TPSA) is 83.5 Å². The number of hydrogen-bond donors (Lipinski definition) is 2. The monoisotopic (exact) mass is 524 g/mol. The standard InChI is InChI=1S/C21H24N4O2S.HI/c1-15-12-16(9-10-19(15)28(3,26)27)13-24-21(22-2)25-14-18-7-4-6-17-8-5-11-23-20(17)18;/h4-12H,13-14H2,1-3H3,(H2,22,24,25);1H. The van der Waals surface area contributed by atoms with E-state index in [1.807, 2.05) is 42.5 Å². The van der Waals surface area contributed by atoms with Crippen LogP contribution in [0.5, 0.6) is 0 Å². The zero-order valence-electron chi connectivity index (χ0n) is 16.6. The maximum Gasteiger partial charge on any atom is 0.191 e. The van der Waals surface area contributed by atoms with Gasteiger partial charge in [-0.05, 0) is 35.7 Å². The van der Waals surface area contributed by atoms with Crippen LogP contribution < -0.4 is 10.6 Å². The van der Waals surface area contributed by atoms with E-state index in [4.69, 9.17) is 0 Å². The molecule has 0 saturated heterocycles. The lowest BCUT2D eigenvalue weighted by Gasteiger charge is -2.14. The Bertz CT molecular complexity index is 1130. The number of hydrogen-bond acceptors (Lipinski definition) is 4. The predicted molar refractivity (Wildman–Crippen MR) is 128 cm³/mol. The van der Waals surface area contributed by atoms with Gasteiger partial charge in [0, 0.05) is 38.0 Å². The highest BCUT2D eigenvalue weighted by atomic mass is 127. The molecule has 154 valence electrons. The SMILES string of the molecule is CN=C(NCc1ccc(S(C)(=O)=O)c(C)c1)NCc1cccc2cccnc12.I. The van der Waals surface area contributed by atoms with E-state index in [2.05, 4.69) is 20.6 Å². The average molecular weight is 524 g/mol. The molecule has 0 unspecified atom stereocenters. The van der Waals surface area contributed by atoms with E-state index >= 15 is 0 Å². The molecule has 3 rings (SSSR count). The number of guanidine groups is 1. The third-order valence-corrected chi connectivity index (χ3v) is 5.74. The summed E-state index contributed by atoms with van der Waals surface area (Å²) >= 11 is 0. The van der Waals surface area contributed by atoms with Gasteiger partial charge in [-0.2, -0.15) is 0 Å². The molecule has 8 heteroatoms. The van der Waals surface area contributed by atoms with Crippen molar-refractivity contribution in [2.45, 2.75) is 24.9 Å². The van der Waals surface area contributed by atoms with Gasteiger partial charge in [-0.15, -0.1) is 24.0 Å². The van der Waals surface area contributed by atoms with Crippen LogP contribution in [0.25, 0.3) is 10.9 Å². The third-order valence-electron chi connectivity index (χ3n) is 4.48. The van der Waals surface area contributed by atoms with E-state index < -0.39 is 9.84 Å². The number of rotatable bonds is 5. The molecule has 3 aromatic rings. The Morgan fingerprint density at radius 1 is 1.07 bits per heavy atom. The smallest absolute Gasteiger partial charge is 0.191 e. The predicted octanol–water partition coefficient (Wildman–Crippen LogP) is 3.43. The van der Waals surface area contributed by atoms with Gasteiger partial charge >= 0.3 is 0 Å². The number of pyridine rings is 1. The second-order valence-corrected chi connectivity index (χ2v) is 8.63. The summed E-state index contributed by atoms with van der Waals surface area (Å²) in [4.78, 5) is 9.09. The molecule has 0 fully saturated rings. The van der Waals surface area contributed by atoms with Crippen LogP contribution in [0.15, 0.2) is 64.6 Å². The number of nitrogens with zero attached hydrogens (tertiary/aromatic N) is 2. The van der Waals surface area contributed by atoms with Gasteiger partial charge in [-0.3, -0.25) is 9.98 Å². The fourth-order valence-electron chi connectivity index (χ4n) is 3.13. The molecule has 0 aliphatic rings. The number of aromatic nitrogens is 1. The third kappa shape index (κ3) is 5.89. The van der Waals surface area contributed by atoms with Crippen molar-refractivity contribution in [2.24, 2.45) is 4.99 Å². The number of fused-ring (bicyclic) bond motifs is 1. The summed E-state index contributed by atoms with van der Waals surface area (Å²) in [6.45, 7) is 2.94. The van der Waals surface area contributed by atoms with Gasteiger partial charge in [0.1, 0.15) is 0 Å². The minimum Gasteiger partial charge on any atom is -0.352 e. The zero-order valence-corrected chi connectivity index (χ0v) is 19.8. The number of aryl methyl sites for hydroxylation is 1. The van der Waals surface area contributed by atoms with Crippen LogP contribution in [-0.4, -0.2) is 32.7 Å². The lowest BCUT2D eigenvalue weighted by atomic mass is 10.1. The van der Waals surface area contributed by atoms with Crippen LogP contribution in [0, 0.1) is 6.92 Å². The van der Waals surface area contributed by atoms with E-state index in [9.17, 15) is 8.42 Å². The highest BCUT2D eigenvalue weighted by molar-refractivity contribution is 14.0. The summed E-state index contributed by atoms with van der Waals surface area (Å²) < 4.78 is 23.5. The Hall–Kier alpha value is -2.20. The van der Waals surface area contributed by atoms with E-state index in [-0.39, 0.29) is 24.0 Å². The summed E-state index contributed by atoms with van der Waals surface area (Å²) in [5.41, 5.74) is 3.79. The van der Waals surface area contributed by atoms with Crippen molar-refractivity contribution in [2.75, 3.05) is 13.3 Å². The molecular weight excluding hydrogens is 499 g/mol. The van der Waals surface area contributed by atoms with Gasteiger partial charge in [-0.1, -0.05) is 36.4 Å². The number of aliphatic imine (C=N–C) groups is 1. The summed E-state index contributed by atoms with van der Waals surface area (Å²) in [6, 6.07) is 15.4. The molecule has 0 aliphatic heterocycles. The largest absolute Gasteiger partial charge is 0.352 e. The Balaban J connectivity index is 0.00000300. The molecule has 1 aromatic heterocycles. The first kappa shape index (κ1) is 23.1. The van der Waals surface area contributed by atoms with Crippen molar-refractivity contribution in [1.82, 2.24) is 15.6 Å². The molecule has 2 N–H and O–H groups in total. The summed E-state index contributed by atoms with van der Waals surface area (Å²) in [6.07, 6.45) is 3.02. The molecule has 2 aromatic carbocycles. The second-order valence-electron chi connectivity index (χ2n) is 6.64. The first-order valence-corrected chi connectivity index (χ1v) is 10.8. The maximum absolute atomic E-state index is 11.7. The summed E-state index contributed by atoms with van der Waals surface area (Å²) in [7, 11) is -1.49. The van der Waals surface area contributed by atoms with E-state index in [0.29, 0.717) is 23.9 Å². The van der Waals surface area contributed by atoms with Crippen molar-refractivity contribution in [3.05, 3.63) is 71.4 Å². The van der Waals surface area contributed by atoms with Crippen molar-refractivity contribution < 1.29 is 8.42 Å². The molecule has 0 amide bonds. The van der Waals surface area contributed by atoms with Gasteiger partial charge in [0.25, 0.3) is 0 Å². The van der Waals surface area contributed by atoms with Crippen molar-refractivity contribution in [3.8, 4) is 0 Å². The van der Waals surface area contributed by atoms with Crippen LogP contribution >= 0.6 is 24.0 Å². The van der Waals surface area contributed by atoms with Crippen molar-refractivity contribution in [1.29, 1.82) is 0 Å². The fourth-order valence-corrected chi connectivity index (χ4v) is 4.09. The van der Waals surface area contributed by atoms with Crippen LogP contribution in [0.4, 0.5) is 0 Å². The van der Waals surface area contributed by atoms with Crippen LogP contribution in [0.1, 0.15) is 16.7 Å². The molecule has 29 heavy (non-hydrogen) atoms. The Labute approximate surface area is 188 Å². The molecule has 0 atom stereocenters. The minimum absolute atomic E-state index is 0. The Morgan fingerprint density at radius 2 is 1.79 bits per heavy atom. The number of benzene rings is 2. The maximum atomic E-state index is 11.7. The first-order chi connectivity index (χ1) is 13.4. The van der Waals surface area contributed by atoms with Gasteiger partial charge in [0.15, 0.2) is 15.8 Å². The fraction of sp³-hybridized carbons (Fsp3) is 0.238. The Kier molecular flexibility index (Phi) is 7.97. The van der Waals surface area contributed by atoms with Gasteiger partial charge < -0.3 is 10.6 Å². The normalized spacial score (nSPS) is 11.8. The number of para-hydroxylation sites is 1. The number of halogens is 1. The molecule has 0 aliphatic carbocycles. The minimum atomic E-state index is -3.21. The molecule has 0 radical (unpaired) electrons. The highest BCUT2D eigenvalue weighted by Crippen LogP contribution is 2.17. The van der Waals surface area contributed by atoms with Crippen LogP contribution in [-0.2, 0) is 22.9 Å². The van der Waals surface area contributed by atoms with Crippen molar-refractivity contribution in [3.63, 3.8) is 0 Å². The molecular formula is C21H25IN4O2S. The van der Waals surface area contributed by atoms with E-state index in [0.717, 1.165) is 27.6 Å². The van der Waals surface area contributed by atoms with Gasteiger partial charge in [0.05, 0.1) is 10.4 Å². The van der Waals surface area contributed by atoms with Gasteiger partial charge in [0.2, 0.25) is 0 Å². The molecule has 1 heterocycles. The Morgan fingerprint density at radius 3 is 2.48 bits per heavy atom. The summed E-state index contributed by atoms with van der Waals surface area (Å²) in [5.74, 6) is 0.665. The summed E-state index contributed by atoms with van der Waals surface area (Å²) in [5, 5.41) is 7.66. The molecule has 6 nitrogen and oxygen atoms in total. The number of sulfone groups is 1. The first-order valence-electron chi connectivity index (χ1n) is 8.95. The zero-order chi connectivity index (χ0) is 20.1. The lowest BCUT2D eigenvalue weighted by Crippen LogP contribution is -2.36. The second kappa shape index (κ2) is 10.0. The highest BCUT2D eigenvalue weighted by Gasteiger charge is 2.11. The molecule has 0 spiro atoms. The average Bonchev–Trinajstić information content (AvgIpc) is 2.67. The van der Waals surface area contributed by atoms with E-state index in [1.54, 1.807) is 26.2 Å². The van der Waals surface area contributed by atoms with Crippen LogP contribution in [0.3, 0.4) is 0 Å². The van der Waals surface area contributed by atoms with E-state index in [1.165, 1.54) is 6.26 Å². The van der Waals surface area contributed by atoms with Crippen molar-refractivity contribution >= 4 is 50.7 Å². The molecule has 0 saturated carbocycles. The van der Waals surface area contributed by atoms with Crippen LogP contribution in [0.2, 0.25) is 0 Å². The number of nitrogens with one attached hydrogen (secondary N) is 2. The quantitative estimate of drug-likeness (QED) is 0.304. The molecule has 0 bridgehead atoms. The van der Waals surface area contributed by atoms with Gasteiger partial charge in [-0.25, -0.2) is 8.42 Å².